The van der Waals surface area contributed by atoms with Gasteiger partial charge in [0.15, 0.2) is 11.8 Å². The van der Waals surface area contributed by atoms with Gasteiger partial charge in [-0.25, -0.2) is 28.3 Å². The number of rotatable bonds is 15. The molecule has 2 amide bonds. The van der Waals surface area contributed by atoms with Crippen LogP contribution in [0.2, 0.25) is 5.02 Å². The van der Waals surface area contributed by atoms with E-state index in [-0.39, 0.29) is 41.5 Å². The van der Waals surface area contributed by atoms with Crippen LogP contribution in [0, 0.1) is 16.7 Å². The first-order valence-corrected chi connectivity index (χ1v) is 18.1. The topological polar surface area (TPSA) is 141 Å². The number of halogens is 8. The summed E-state index contributed by atoms with van der Waals surface area (Å²) in [5.74, 6) is -1.66. The highest BCUT2D eigenvalue weighted by Gasteiger charge is 2.65. The number of allylic oxidation sites excluding steroid dienone is 1. The van der Waals surface area contributed by atoms with Gasteiger partial charge in [-0.05, 0) is 84.8 Å². The molecule has 0 radical (unpaired) electrons. The van der Waals surface area contributed by atoms with Crippen molar-refractivity contribution < 1.29 is 45.1 Å². The minimum Gasteiger partial charge on any atom is -0.447 e. The van der Waals surface area contributed by atoms with Crippen molar-refractivity contribution in [2.45, 2.75) is 89.1 Å². The summed E-state index contributed by atoms with van der Waals surface area (Å²) in [7, 11) is 0. The molecule has 3 aromatic rings. The Bertz CT molecular complexity index is 2070. The first-order valence-electron chi connectivity index (χ1n) is 17.8. The summed E-state index contributed by atoms with van der Waals surface area (Å²) in [4.78, 5) is 32.7. The van der Waals surface area contributed by atoms with E-state index in [0.29, 0.717) is 21.7 Å². The molecule has 3 N–H and O–H groups in total. The summed E-state index contributed by atoms with van der Waals surface area (Å²) in [5, 5.41) is 21.6. The average molecular weight is 826 g/mol. The average Bonchev–Trinajstić information content (AvgIpc) is 4.08. The third-order valence-electron chi connectivity index (χ3n) is 10.8. The van der Waals surface area contributed by atoms with Crippen LogP contribution in [0.25, 0.3) is 11.3 Å². The molecule has 3 fully saturated rings. The number of nitrogens with zero attached hydrogens (tertiary/aromatic N) is 6. The summed E-state index contributed by atoms with van der Waals surface area (Å²) in [6.45, 7) is 5.00. The number of aromatic nitrogens is 3. The molecule has 1 saturated heterocycles. The Hall–Kier alpha value is -5.20. The lowest BCUT2D eigenvalue weighted by Gasteiger charge is -2.37. The molecule has 57 heavy (non-hydrogen) atoms. The van der Waals surface area contributed by atoms with Gasteiger partial charge in [0.2, 0.25) is 0 Å². The van der Waals surface area contributed by atoms with Crippen LogP contribution in [0.5, 0.6) is 0 Å². The SMILES string of the molecule is C=NN(/C=C(\C)c1ccc([C@@]2(CC(C)(C)C3CC3)NC(=N)N([C@H](COC(=O)NC3(C(F)(F)F)CC3)c3ccc(Cl)c(-n4ncnc4C(F)F)c3)C2=O)cc1)C(F)F. The molecule has 2 atom stereocenters. The fourth-order valence-electron chi connectivity index (χ4n) is 7.27. The van der Waals surface area contributed by atoms with Gasteiger partial charge in [-0.3, -0.25) is 15.1 Å². The first kappa shape index (κ1) is 41.4. The van der Waals surface area contributed by atoms with E-state index in [9.17, 15) is 40.9 Å². The van der Waals surface area contributed by atoms with E-state index in [4.69, 9.17) is 16.3 Å². The number of amides is 2. The van der Waals surface area contributed by atoms with Crippen LogP contribution >= 0.6 is 11.6 Å². The number of ether oxygens (including phenoxy) is 1. The van der Waals surface area contributed by atoms with Crippen LogP contribution in [-0.4, -0.2) is 74.2 Å². The molecule has 306 valence electrons. The van der Waals surface area contributed by atoms with Gasteiger partial charge in [0.25, 0.3) is 12.3 Å². The van der Waals surface area contributed by atoms with Crippen LogP contribution in [0.1, 0.15) is 87.9 Å². The Morgan fingerprint density at radius 2 is 1.84 bits per heavy atom. The Morgan fingerprint density at radius 3 is 2.40 bits per heavy atom. The van der Waals surface area contributed by atoms with E-state index in [2.05, 4.69) is 27.2 Å². The predicted molar refractivity (Wildman–Crippen MR) is 195 cm³/mol. The Kier molecular flexibility index (Phi) is 11.1. The number of hydrazone groups is 1. The number of hydrogen-bond acceptors (Lipinski definition) is 8. The molecule has 6 rings (SSSR count). The van der Waals surface area contributed by atoms with Crippen molar-refractivity contribution in [3.05, 3.63) is 82.5 Å². The highest BCUT2D eigenvalue weighted by Crippen LogP contribution is 2.53. The zero-order valence-electron chi connectivity index (χ0n) is 30.9. The third-order valence-corrected chi connectivity index (χ3v) is 11.1. The molecule has 2 aromatic carbocycles. The van der Waals surface area contributed by atoms with E-state index in [1.807, 2.05) is 19.2 Å². The predicted octanol–water partition coefficient (Wildman–Crippen LogP) is 8.31. The lowest BCUT2D eigenvalue weighted by molar-refractivity contribution is -0.164. The van der Waals surface area contributed by atoms with E-state index in [1.165, 1.54) is 18.2 Å². The van der Waals surface area contributed by atoms with Crippen molar-refractivity contribution in [2.75, 3.05) is 6.61 Å². The summed E-state index contributed by atoms with van der Waals surface area (Å²) < 4.78 is 102. The summed E-state index contributed by atoms with van der Waals surface area (Å²) in [6, 6.07) is 9.04. The van der Waals surface area contributed by atoms with Crippen molar-refractivity contribution in [3.63, 3.8) is 0 Å². The second-order valence-electron chi connectivity index (χ2n) is 15.0. The molecule has 2 heterocycles. The number of benzene rings is 2. The minimum atomic E-state index is -4.75. The fourth-order valence-corrected chi connectivity index (χ4v) is 7.47. The van der Waals surface area contributed by atoms with Gasteiger partial charge in [-0.2, -0.15) is 32.2 Å². The molecule has 1 aliphatic heterocycles. The number of alkyl halides is 7. The summed E-state index contributed by atoms with van der Waals surface area (Å²) in [5.41, 5.74) is -3.26. The molecular weight excluding hydrogens is 787 g/mol. The smallest absolute Gasteiger partial charge is 0.411 e. The monoisotopic (exact) mass is 825 g/mol. The normalized spacial score (nSPS) is 20.2. The van der Waals surface area contributed by atoms with Crippen LogP contribution in [-0.2, 0) is 15.1 Å². The van der Waals surface area contributed by atoms with Gasteiger partial charge in [0.05, 0.1) is 16.8 Å². The van der Waals surface area contributed by atoms with Crippen LogP contribution in [0.15, 0.2) is 60.1 Å². The van der Waals surface area contributed by atoms with Crippen molar-refractivity contribution in [3.8, 4) is 5.69 Å². The maximum absolute atomic E-state index is 15.1. The van der Waals surface area contributed by atoms with Crippen LogP contribution < -0.4 is 10.6 Å². The second-order valence-corrected chi connectivity index (χ2v) is 15.5. The number of alkyl carbamates (subject to hydrolysis) is 1. The van der Waals surface area contributed by atoms with E-state index in [1.54, 1.807) is 31.2 Å². The number of carbonyl (C=O) groups is 2. The van der Waals surface area contributed by atoms with Crippen LogP contribution in [0.4, 0.5) is 35.5 Å². The molecule has 0 spiro atoms. The second kappa shape index (κ2) is 15.3. The molecule has 12 nitrogen and oxygen atoms in total. The molecule has 0 bridgehead atoms. The lowest BCUT2D eigenvalue weighted by atomic mass is 9.71. The molecule has 2 saturated carbocycles. The quantitative estimate of drug-likeness (QED) is 0.0606. The molecule has 0 unspecified atom stereocenters. The molecule has 3 aliphatic rings. The summed E-state index contributed by atoms with van der Waals surface area (Å²) in [6.07, 6.45) is -6.01. The van der Waals surface area contributed by atoms with E-state index >= 15 is 4.79 Å². The van der Waals surface area contributed by atoms with Gasteiger partial charge in [-0.15, -0.1) is 0 Å². The van der Waals surface area contributed by atoms with E-state index in [0.717, 1.165) is 35.0 Å². The standard InChI is InChI=1S/C37H39ClF7N9O3/c1-20(16-52(47-4)31(41)42)21-5-8-24(9-6-21)36(18-34(2,3)23-10-11-23)30(55)53(32(46)50-36)27(17-57-33(56)51-35(13-14-35)37(43,44)45)22-7-12-25(38)26(15-22)54-29(28(39)40)48-19-49-54/h5-9,12,15-16,19,23,27-28,31H,4,10-11,13-14,17-18H2,1-3H3,(H2,46,50)(H,51,56)/b20-16+/t27-,36-/m1/s1. The highest BCUT2D eigenvalue weighted by atomic mass is 35.5. The summed E-state index contributed by atoms with van der Waals surface area (Å²) >= 11 is 6.43. The van der Waals surface area contributed by atoms with Gasteiger partial charge in [0.1, 0.15) is 24.0 Å². The first-order chi connectivity index (χ1) is 26.7. The Balaban J connectivity index is 1.41. The molecule has 1 aromatic heterocycles. The van der Waals surface area contributed by atoms with Crippen molar-refractivity contribution >= 4 is 41.9 Å². The zero-order chi connectivity index (χ0) is 41.7. The number of carbonyl (C=O) groups excluding carboxylic acids is 2. The molecule has 20 heteroatoms. The number of guanidine groups is 1. The minimum absolute atomic E-state index is 0.0594. The third kappa shape index (κ3) is 8.15. The number of hydrogen-bond donors (Lipinski definition) is 3. The Labute approximate surface area is 327 Å². The molecular formula is C37H39ClF7N9O3. The van der Waals surface area contributed by atoms with Gasteiger partial charge in [0, 0.05) is 12.9 Å². The lowest BCUT2D eigenvalue weighted by Crippen LogP contribution is -2.49. The van der Waals surface area contributed by atoms with Crippen molar-refractivity contribution in [1.82, 2.24) is 35.3 Å². The van der Waals surface area contributed by atoms with Gasteiger partial charge in [-0.1, -0.05) is 55.8 Å². The van der Waals surface area contributed by atoms with Crippen molar-refractivity contribution in [2.24, 2.45) is 16.4 Å². The van der Waals surface area contributed by atoms with Crippen LogP contribution in [0.3, 0.4) is 0 Å². The fraction of sp³-hybridized carbons (Fsp3) is 0.459. The van der Waals surface area contributed by atoms with Gasteiger partial charge >= 0.3 is 18.8 Å². The van der Waals surface area contributed by atoms with E-state index < -0.39 is 72.1 Å². The Morgan fingerprint density at radius 1 is 1.18 bits per heavy atom. The van der Waals surface area contributed by atoms with Gasteiger partial charge < -0.3 is 15.4 Å². The number of nitrogens with one attached hydrogen (secondary N) is 3. The molecule has 2 aliphatic carbocycles. The maximum atomic E-state index is 15.1. The zero-order valence-corrected chi connectivity index (χ0v) is 31.6. The largest absolute Gasteiger partial charge is 0.447 e. The van der Waals surface area contributed by atoms with Crippen molar-refractivity contribution in [1.29, 1.82) is 5.41 Å². The highest BCUT2D eigenvalue weighted by molar-refractivity contribution is 6.32. The maximum Gasteiger partial charge on any atom is 0.411 e.